The molecule has 0 amide bonds. The lowest BCUT2D eigenvalue weighted by molar-refractivity contribution is 0.102. The maximum Gasteiger partial charge on any atom is 0.174 e. The van der Waals surface area contributed by atoms with Crippen LogP contribution in [-0.4, -0.2) is 34.8 Å². The van der Waals surface area contributed by atoms with E-state index in [1.165, 1.54) is 5.56 Å². The molecule has 3 aromatic rings. The fourth-order valence-electron chi connectivity index (χ4n) is 2.83. The highest BCUT2D eigenvalue weighted by molar-refractivity contribution is 7.99. The Labute approximate surface area is 166 Å². The molecule has 3 rings (SSSR count). The summed E-state index contributed by atoms with van der Waals surface area (Å²) in [5, 5.41) is 7.31. The SMILES string of the molecule is COCCn1c(C)cc(C(=O)CSCc2csc(-c3ccsc3)n2)c1C. The predicted octanol–water partition coefficient (Wildman–Crippen LogP) is 5.05. The Morgan fingerprint density at radius 1 is 1.35 bits per heavy atom. The zero-order valence-corrected chi connectivity index (χ0v) is 17.6. The van der Waals surface area contributed by atoms with Crippen LogP contribution in [0.1, 0.15) is 27.4 Å². The normalized spacial score (nSPS) is 11.2. The third kappa shape index (κ3) is 4.46. The zero-order chi connectivity index (χ0) is 18.5. The van der Waals surface area contributed by atoms with E-state index >= 15 is 0 Å². The van der Waals surface area contributed by atoms with Crippen molar-refractivity contribution in [2.24, 2.45) is 0 Å². The predicted molar refractivity (Wildman–Crippen MR) is 112 cm³/mol. The van der Waals surface area contributed by atoms with Gasteiger partial charge in [-0.25, -0.2) is 4.98 Å². The van der Waals surface area contributed by atoms with Crippen LogP contribution in [0.3, 0.4) is 0 Å². The Hall–Kier alpha value is -1.41. The first-order chi connectivity index (χ1) is 12.6. The minimum atomic E-state index is 0.181. The molecular formula is C19H22N2O2S3. The van der Waals surface area contributed by atoms with Crippen molar-refractivity contribution < 1.29 is 9.53 Å². The van der Waals surface area contributed by atoms with E-state index in [1.54, 1.807) is 41.5 Å². The van der Waals surface area contributed by atoms with Crippen molar-refractivity contribution in [3.63, 3.8) is 0 Å². The average molecular weight is 407 g/mol. The maximum atomic E-state index is 12.6. The van der Waals surface area contributed by atoms with Gasteiger partial charge in [0.2, 0.25) is 0 Å². The van der Waals surface area contributed by atoms with Gasteiger partial charge in [0.25, 0.3) is 0 Å². The molecule has 7 heteroatoms. The monoisotopic (exact) mass is 406 g/mol. The van der Waals surface area contributed by atoms with Crippen molar-refractivity contribution in [1.29, 1.82) is 0 Å². The molecule has 0 unspecified atom stereocenters. The number of rotatable bonds is 9. The van der Waals surface area contributed by atoms with Gasteiger partial charge in [-0.15, -0.1) is 23.1 Å². The van der Waals surface area contributed by atoms with Gasteiger partial charge in [-0.2, -0.15) is 11.3 Å². The van der Waals surface area contributed by atoms with E-state index in [0.717, 1.165) is 40.0 Å². The van der Waals surface area contributed by atoms with E-state index in [2.05, 4.69) is 31.8 Å². The topological polar surface area (TPSA) is 44.1 Å². The fourth-order valence-corrected chi connectivity index (χ4v) is 5.27. The van der Waals surface area contributed by atoms with Crippen LogP contribution in [0.2, 0.25) is 0 Å². The van der Waals surface area contributed by atoms with Gasteiger partial charge in [-0.1, -0.05) is 0 Å². The van der Waals surface area contributed by atoms with Gasteiger partial charge < -0.3 is 9.30 Å². The molecule has 0 bridgehead atoms. The minimum absolute atomic E-state index is 0.181. The van der Waals surface area contributed by atoms with Crippen LogP contribution >= 0.6 is 34.4 Å². The number of hydrogen-bond donors (Lipinski definition) is 0. The van der Waals surface area contributed by atoms with E-state index < -0.39 is 0 Å². The molecular weight excluding hydrogens is 384 g/mol. The number of methoxy groups -OCH3 is 1. The van der Waals surface area contributed by atoms with Crippen molar-refractivity contribution >= 4 is 40.2 Å². The number of ether oxygens (including phenoxy) is 1. The molecule has 0 aromatic carbocycles. The number of carbonyl (C=O) groups excluding carboxylic acids is 1. The molecule has 0 atom stereocenters. The van der Waals surface area contributed by atoms with Crippen LogP contribution in [-0.2, 0) is 17.0 Å². The highest BCUT2D eigenvalue weighted by Gasteiger charge is 2.16. The van der Waals surface area contributed by atoms with E-state index in [-0.39, 0.29) is 5.78 Å². The van der Waals surface area contributed by atoms with Crippen LogP contribution in [0.15, 0.2) is 28.3 Å². The van der Waals surface area contributed by atoms with Crippen LogP contribution in [0.4, 0.5) is 0 Å². The Morgan fingerprint density at radius 3 is 2.92 bits per heavy atom. The van der Waals surface area contributed by atoms with Crippen LogP contribution in [0, 0.1) is 13.8 Å². The average Bonchev–Trinajstić information content (AvgIpc) is 3.35. The van der Waals surface area contributed by atoms with Gasteiger partial charge in [0.1, 0.15) is 5.01 Å². The Kier molecular flexibility index (Phi) is 6.69. The minimum Gasteiger partial charge on any atom is -0.383 e. The quantitative estimate of drug-likeness (QED) is 0.466. The first-order valence-electron chi connectivity index (χ1n) is 8.33. The Balaban J connectivity index is 1.56. The number of nitrogens with zero attached hydrogens (tertiary/aromatic N) is 2. The number of thiazole rings is 1. The molecule has 0 aliphatic carbocycles. The summed E-state index contributed by atoms with van der Waals surface area (Å²) in [6.45, 7) is 5.47. The molecule has 3 heterocycles. The molecule has 0 aliphatic rings. The third-order valence-corrected chi connectivity index (χ3v) is 6.79. The van der Waals surface area contributed by atoms with Crippen LogP contribution in [0.5, 0.6) is 0 Å². The van der Waals surface area contributed by atoms with Gasteiger partial charge in [-0.05, 0) is 31.4 Å². The summed E-state index contributed by atoms with van der Waals surface area (Å²) in [5.74, 6) is 1.41. The Bertz CT molecular complexity index is 866. The fraction of sp³-hybridized carbons (Fsp3) is 0.368. The van der Waals surface area contributed by atoms with Crippen molar-refractivity contribution in [1.82, 2.24) is 9.55 Å². The van der Waals surface area contributed by atoms with E-state index in [4.69, 9.17) is 4.74 Å². The highest BCUT2D eigenvalue weighted by atomic mass is 32.2. The molecule has 0 radical (unpaired) electrons. The third-order valence-electron chi connectivity index (χ3n) is 4.20. The number of thioether (sulfide) groups is 1. The smallest absolute Gasteiger partial charge is 0.174 e. The molecule has 0 saturated carbocycles. The first kappa shape index (κ1) is 19.4. The van der Waals surface area contributed by atoms with Crippen molar-refractivity contribution in [3.05, 3.63) is 50.9 Å². The number of aromatic nitrogens is 2. The van der Waals surface area contributed by atoms with Gasteiger partial charge in [0.05, 0.1) is 18.1 Å². The molecule has 138 valence electrons. The summed E-state index contributed by atoms with van der Waals surface area (Å²) in [5.41, 5.74) is 5.17. The lowest BCUT2D eigenvalue weighted by Gasteiger charge is -2.08. The lowest BCUT2D eigenvalue weighted by atomic mass is 10.2. The summed E-state index contributed by atoms with van der Waals surface area (Å²) in [6.07, 6.45) is 0. The van der Waals surface area contributed by atoms with Gasteiger partial charge in [0.15, 0.2) is 5.78 Å². The molecule has 0 saturated heterocycles. The second-order valence-electron chi connectivity index (χ2n) is 6.00. The highest BCUT2D eigenvalue weighted by Crippen LogP contribution is 2.27. The standard InChI is InChI=1S/C19H22N2O2S3/c1-13-8-17(14(2)21(13)5-6-23-3)18(22)12-25-10-16-11-26-19(20-16)15-4-7-24-9-15/h4,7-9,11H,5-6,10,12H2,1-3H3. The molecule has 0 N–H and O–H groups in total. The molecule has 26 heavy (non-hydrogen) atoms. The van der Waals surface area contributed by atoms with E-state index in [1.807, 2.05) is 19.9 Å². The lowest BCUT2D eigenvalue weighted by Crippen LogP contribution is -2.09. The number of Topliss-reactive ketones (excluding diaryl/α,β-unsaturated/α-hetero) is 1. The molecule has 3 aromatic heterocycles. The summed E-state index contributed by atoms with van der Waals surface area (Å²) in [7, 11) is 1.69. The van der Waals surface area contributed by atoms with Crippen molar-refractivity contribution in [2.75, 3.05) is 19.5 Å². The number of carbonyl (C=O) groups is 1. The van der Waals surface area contributed by atoms with Gasteiger partial charge >= 0.3 is 0 Å². The van der Waals surface area contributed by atoms with Gasteiger partial charge in [-0.3, -0.25) is 4.79 Å². The van der Waals surface area contributed by atoms with Gasteiger partial charge in [0, 0.05) is 52.7 Å². The number of hydrogen-bond acceptors (Lipinski definition) is 6. The summed E-state index contributed by atoms with van der Waals surface area (Å²) < 4.78 is 7.30. The number of thiophene rings is 1. The van der Waals surface area contributed by atoms with Crippen LogP contribution < -0.4 is 0 Å². The molecule has 0 aliphatic heterocycles. The second-order valence-corrected chi connectivity index (χ2v) is 8.62. The molecule has 4 nitrogen and oxygen atoms in total. The molecule has 0 spiro atoms. The van der Waals surface area contributed by atoms with E-state index in [9.17, 15) is 4.79 Å². The Morgan fingerprint density at radius 2 is 2.19 bits per heavy atom. The van der Waals surface area contributed by atoms with Crippen molar-refractivity contribution in [3.8, 4) is 10.6 Å². The zero-order valence-electron chi connectivity index (χ0n) is 15.2. The number of ketones is 1. The largest absolute Gasteiger partial charge is 0.383 e. The van der Waals surface area contributed by atoms with E-state index in [0.29, 0.717) is 12.4 Å². The summed E-state index contributed by atoms with van der Waals surface area (Å²) >= 11 is 4.96. The summed E-state index contributed by atoms with van der Waals surface area (Å²) in [4.78, 5) is 17.3. The van der Waals surface area contributed by atoms with Crippen molar-refractivity contribution in [2.45, 2.75) is 26.1 Å². The first-order valence-corrected chi connectivity index (χ1v) is 11.3. The van der Waals surface area contributed by atoms with Crippen LogP contribution in [0.25, 0.3) is 10.6 Å². The maximum absolute atomic E-state index is 12.6. The molecule has 0 fully saturated rings. The summed E-state index contributed by atoms with van der Waals surface area (Å²) in [6, 6.07) is 4.08. The second kappa shape index (κ2) is 8.99. The number of aryl methyl sites for hydroxylation is 1.